The van der Waals surface area contributed by atoms with E-state index in [9.17, 15) is 15.0 Å². The summed E-state index contributed by atoms with van der Waals surface area (Å²) in [4.78, 5) is 12.5. The Morgan fingerprint density at radius 3 is 0.917 bits per heavy atom. The van der Waals surface area contributed by atoms with Crippen molar-refractivity contribution in [1.29, 1.82) is 0 Å². The third kappa shape index (κ3) is 59.0. The van der Waals surface area contributed by atoms with Gasteiger partial charge in [-0.2, -0.15) is 0 Å². The highest BCUT2D eigenvalue weighted by Gasteiger charge is 2.20. The van der Waals surface area contributed by atoms with Gasteiger partial charge in [-0.15, -0.1) is 0 Å². The topological polar surface area (TPSA) is 69.6 Å². The molecule has 0 aromatic carbocycles. The number of carbonyl (C=O) groups excluding carboxylic acids is 1. The van der Waals surface area contributed by atoms with Crippen molar-refractivity contribution in [2.45, 2.75) is 360 Å². The first-order valence-corrected chi connectivity index (χ1v) is 32.5. The molecule has 2 unspecified atom stereocenters. The van der Waals surface area contributed by atoms with Crippen LogP contribution in [-0.2, 0) is 4.79 Å². The minimum Gasteiger partial charge on any atom is -0.394 e. The molecule has 0 aliphatic heterocycles. The second-order valence-corrected chi connectivity index (χ2v) is 22.2. The first-order valence-electron chi connectivity index (χ1n) is 32.5. The van der Waals surface area contributed by atoms with Gasteiger partial charge >= 0.3 is 0 Å². The van der Waals surface area contributed by atoms with Crippen LogP contribution in [0.3, 0.4) is 0 Å². The predicted octanol–water partition coefficient (Wildman–Crippen LogP) is 21.9. The normalized spacial score (nSPS) is 13.1. The van der Waals surface area contributed by atoms with Gasteiger partial charge in [-0.3, -0.25) is 4.79 Å². The lowest BCUT2D eigenvalue weighted by atomic mass is 10.0. The molecule has 1 amide bonds. The third-order valence-electron chi connectivity index (χ3n) is 15.0. The maximum atomic E-state index is 12.5. The van der Waals surface area contributed by atoms with Gasteiger partial charge in [-0.1, -0.05) is 344 Å². The second kappa shape index (κ2) is 63.4. The molecule has 0 saturated carbocycles. The monoisotopic (exact) mass is 1010 g/mol. The Hall–Kier alpha value is -1.91. The van der Waals surface area contributed by atoms with E-state index in [0.29, 0.717) is 12.8 Å². The largest absolute Gasteiger partial charge is 0.394 e. The van der Waals surface area contributed by atoms with Gasteiger partial charge in [-0.05, 0) is 57.8 Å². The molecule has 4 heteroatoms. The summed E-state index contributed by atoms with van der Waals surface area (Å²) in [5.74, 6) is -0.0295. The Kier molecular flexibility index (Phi) is 61.7. The average Bonchev–Trinajstić information content (AvgIpc) is 3.39. The van der Waals surface area contributed by atoms with Gasteiger partial charge < -0.3 is 15.5 Å². The minimum absolute atomic E-state index is 0.0295. The van der Waals surface area contributed by atoms with Crippen LogP contribution in [-0.4, -0.2) is 34.9 Å². The summed E-state index contributed by atoms with van der Waals surface area (Å²) >= 11 is 0. The minimum atomic E-state index is -0.664. The Balaban J connectivity index is 3.43. The number of aliphatic hydroxyl groups is 2. The van der Waals surface area contributed by atoms with Crippen LogP contribution in [0.5, 0.6) is 0 Å². The number of allylic oxidation sites excluding steroid dienone is 10. The van der Waals surface area contributed by atoms with Crippen molar-refractivity contribution in [2.75, 3.05) is 6.61 Å². The van der Waals surface area contributed by atoms with Crippen LogP contribution in [0, 0.1) is 0 Å². The zero-order chi connectivity index (χ0) is 52.0. The van der Waals surface area contributed by atoms with E-state index in [2.05, 4.69) is 79.9 Å². The summed E-state index contributed by atoms with van der Waals surface area (Å²) in [6.45, 7) is 4.28. The van der Waals surface area contributed by atoms with Crippen molar-refractivity contribution >= 4 is 5.91 Å². The van der Waals surface area contributed by atoms with Crippen molar-refractivity contribution < 1.29 is 15.0 Å². The van der Waals surface area contributed by atoms with Gasteiger partial charge in [0, 0.05) is 6.42 Å². The summed E-state index contributed by atoms with van der Waals surface area (Å²) < 4.78 is 0. The number of nitrogens with one attached hydrogen (secondary N) is 1. The first kappa shape index (κ1) is 70.1. The second-order valence-electron chi connectivity index (χ2n) is 22.2. The van der Waals surface area contributed by atoms with E-state index in [1.54, 1.807) is 0 Å². The number of hydrogen-bond donors (Lipinski definition) is 3. The zero-order valence-electron chi connectivity index (χ0n) is 48.7. The molecule has 2 atom stereocenters. The highest BCUT2D eigenvalue weighted by molar-refractivity contribution is 5.76. The van der Waals surface area contributed by atoms with Gasteiger partial charge in [0.2, 0.25) is 5.91 Å². The lowest BCUT2D eigenvalue weighted by molar-refractivity contribution is -0.123. The molecule has 0 saturated heterocycles. The van der Waals surface area contributed by atoms with Gasteiger partial charge in [0.25, 0.3) is 0 Å². The van der Waals surface area contributed by atoms with E-state index < -0.39 is 12.1 Å². The SMILES string of the molecule is CC/C=C\C/C=C\C/C=C\C/C=C\C/C=C\CCCCCCCCCCCCCCCC(=O)NC(CO)C(O)CCCCCCCCCCCCCCCCCCCCCCCCCCCCCCCCC. The molecule has 0 rings (SSSR count). The number of unbranched alkanes of at least 4 members (excludes halogenated alkanes) is 43. The molecule has 0 aliphatic carbocycles. The zero-order valence-corrected chi connectivity index (χ0v) is 48.7. The summed E-state index contributed by atoms with van der Waals surface area (Å²) in [7, 11) is 0. The maximum absolute atomic E-state index is 12.5. The molecular weight excluding hydrogens is 879 g/mol. The fourth-order valence-corrected chi connectivity index (χ4v) is 10.2. The Bertz CT molecular complexity index is 1190. The number of aliphatic hydroxyl groups excluding tert-OH is 2. The molecule has 0 spiro atoms. The highest BCUT2D eigenvalue weighted by atomic mass is 16.3. The van der Waals surface area contributed by atoms with Crippen LogP contribution >= 0.6 is 0 Å². The molecule has 0 heterocycles. The summed E-state index contributed by atoms with van der Waals surface area (Å²) in [6.07, 6.45) is 89.6. The Morgan fingerprint density at radius 1 is 0.347 bits per heavy atom. The van der Waals surface area contributed by atoms with E-state index in [-0.39, 0.29) is 12.5 Å². The quantitative estimate of drug-likeness (QED) is 0.0420. The molecule has 0 aliphatic rings. The van der Waals surface area contributed by atoms with E-state index in [1.165, 1.54) is 263 Å². The van der Waals surface area contributed by atoms with Crippen molar-refractivity contribution in [3.8, 4) is 0 Å². The fourth-order valence-electron chi connectivity index (χ4n) is 10.2. The summed E-state index contributed by atoms with van der Waals surface area (Å²) in [6, 6.07) is -0.541. The highest BCUT2D eigenvalue weighted by Crippen LogP contribution is 2.19. The average molecular weight is 1010 g/mol. The number of carbonyl (C=O) groups is 1. The smallest absolute Gasteiger partial charge is 0.220 e. The predicted molar refractivity (Wildman–Crippen MR) is 322 cm³/mol. The molecule has 0 aromatic rings. The Morgan fingerprint density at radius 2 is 0.611 bits per heavy atom. The van der Waals surface area contributed by atoms with Crippen molar-refractivity contribution in [3.05, 3.63) is 60.8 Å². The van der Waals surface area contributed by atoms with Gasteiger partial charge in [0.1, 0.15) is 0 Å². The third-order valence-corrected chi connectivity index (χ3v) is 15.0. The van der Waals surface area contributed by atoms with Crippen LogP contribution in [0.4, 0.5) is 0 Å². The van der Waals surface area contributed by atoms with E-state index in [1.807, 2.05) is 0 Å². The molecule has 4 nitrogen and oxygen atoms in total. The van der Waals surface area contributed by atoms with Gasteiger partial charge in [-0.25, -0.2) is 0 Å². The van der Waals surface area contributed by atoms with Crippen LogP contribution in [0.2, 0.25) is 0 Å². The van der Waals surface area contributed by atoms with Crippen molar-refractivity contribution in [2.24, 2.45) is 0 Å². The number of amides is 1. The molecule has 0 bridgehead atoms. The summed E-state index contributed by atoms with van der Waals surface area (Å²) in [5, 5.41) is 23.4. The molecule has 3 N–H and O–H groups in total. The maximum Gasteiger partial charge on any atom is 0.220 e. The van der Waals surface area contributed by atoms with Crippen LogP contribution in [0.25, 0.3) is 0 Å². The fraction of sp³-hybridized carbons (Fsp3) is 0.838. The molecule has 422 valence electrons. The van der Waals surface area contributed by atoms with Crippen molar-refractivity contribution in [1.82, 2.24) is 5.32 Å². The summed E-state index contributed by atoms with van der Waals surface area (Å²) in [5.41, 5.74) is 0. The standard InChI is InChI=1S/C68H127NO3/c1-3-5-7-9-11-13-15-17-19-21-23-25-27-29-31-33-34-36-37-39-41-43-45-47-49-51-53-55-57-59-61-63-67(71)66(65-70)69-68(72)64-62-60-58-56-54-52-50-48-46-44-42-40-38-35-32-30-28-26-24-22-20-18-16-14-12-10-8-6-4-2/h6,8,12,14,18,20,24,26,30,32,66-67,70-71H,3-5,7,9-11,13,15-17,19,21-23,25,27-29,31,33-65H2,1-2H3,(H,69,72)/b8-6-,14-12-,20-18-,26-24-,32-30-. The molecule has 0 fully saturated rings. The lowest BCUT2D eigenvalue weighted by Gasteiger charge is -2.22. The molecule has 72 heavy (non-hydrogen) atoms. The molecule has 0 radical (unpaired) electrons. The number of hydrogen-bond acceptors (Lipinski definition) is 3. The van der Waals surface area contributed by atoms with Crippen LogP contribution in [0.15, 0.2) is 60.8 Å². The van der Waals surface area contributed by atoms with E-state index in [4.69, 9.17) is 0 Å². The molecular formula is C68H127NO3. The molecule has 0 aromatic heterocycles. The van der Waals surface area contributed by atoms with Crippen LogP contribution < -0.4 is 5.32 Å². The van der Waals surface area contributed by atoms with E-state index in [0.717, 1.165) is 57.8 Å². The van der Waals surface area contributed by atoms with E-state index >= 15 is 0 Å². The number of rotatable bonds is 60. The lowest BCUT2D eigenvalue weighted by Crippen LogP contribution is -2.45. The Labute approximate surface area is 451 Å². The van der Waals surface area contributed by atoms with Gasteiger partial charge in [0.15, 0.2) is 0 Å². The van der Waals surface area contributed by atoms with Crippen LogP contribution in [0.1, 0.15) is 348 Å². The first-order chi connectivity index (χ1) is 35.7. The van der Waals surface area contributed by atoms with Gasteiger partial charge in [0.05, 0.1) is 18.8 Å². The van der Waals surface area contributed by atoms with Crippen molar-refractivity contribution in [3.63, 3.8) is 0 Å².